The van der Waals surface area contributed by atoms with Gasteiger partial charge < -0.3 is 10.6 Å². The monoisotopic (exact) mass is 375 g/mol. The van der Waals surface area contributed by atoms with Crippen molar-refractivity contribution in [1.82, 2.24) is 20.4 Å². The van der Waals surface area contributed by atoms with E-state index in [2.05, 4.69) is 39.8 Å². The smallest absolute Gasteiger partial charge is 0.191 e. The molecule has 1 aromatic rings. The first-order valence-corrected chi connectivity index (χ1v) is 6.45. The minimum absolute atomic E-state index is 0. The summed E-state index contributed by atoms with van der Waals surface area (Å²) in [5.41, 5.74) is 1.12. The Morgan fingerprint density at radius 3 is 2.79 bits per heavy atom. The van der Waals surface area contributed by atoms with E-state index in [0.29, 0.717) is 12.6 Å². The lowest BCUT2D eigenvalue weighted by molar-refractivity contribution is 0.633. The number of nitrogens with one attached hydrogen (secondary N) is 2. The van der Waals surface area contributed by atoms with Crippen molar-refractivity contribution in [2.24, 2.45) is 12.0 Å². The second-order valence-electron chi connectivity index (χ2n) is 4.50. The zero-order valence-corrected chi connectivity index (χ0v) is 13.8. The number of halogens is 1. The molecule has 1 aliphatic rings. The predicted molar refractivity (Wildman–Crippen MR) is 88.7 cm³/mol. The number of nitrogens with zero attached hydrogens (tertiary/aromatic N) is 3. The second-order valence-corrected chi connectivity index (χ2v) is 4.50. The van der Waals surface area contributed by atoms with Crippen LogP contribution in [0.5, 0.6) is 0 Å². The molecule has 1 aromatic heterocycles. The van der Waals surface area contributed by atoms with Crippen LogP contribution in [0.1, 0.15) is 25.3 Å². The Bertz CT molecular complexity index is 430. The van der Waals surface area contributed by atoms with Crippen LogP contribution in [-0.2, 0) is 13.6 Å². The number of hydrogen-bond donors (Lipinski definition) is 2. The molecule has 0 spiro atoms. The van der Waals surface area contributed by atoms with Crippen molar-refractivity contribution >= 4 is 29.9 Å². The number of rotatable bonds is 4. The van der Waals surface area contributed by atoms with Gasteiger partial charge in [-0.15, -0.1) is 24.0 Å². The summed E-state index contributed by atoms with van der Waals surface area (Å²) < 4.78 is 1.80. The van der Waals surface area contributed by atoms with Crippen LogP contribution in [0.25, 0.3) is 0 Å². The summed E-state index contributed by atoms with van der Waals surface area (Å²) in [6, 6.07) is 0.483. The average molecular weight is 375 g/mol. The van der Waals surface area contributed by atoms with E-state index in [9.17, 15) is 0 Å². The normalized spacial score (nSPS) is 15.4. The van der Waals surface area contributed by atoms with Gasteiger partial charge in [-0.05, 0) is 19.8 Å². The molecule has 0 bridgehead atoms. The van der Waals surface area contributed by atoms with Gasteiger partial charge in [0.2, 0.25) is 0 Å². The van der Waals surface area contributed by atoms with E-state index in [4.69, 9.17) is 0 Å². The Hall–Kier alpha value is -1.05. The van der Waals surface area contributed by atoms with E-state index < -0.39 is 0 Å². The van der Waals surface area contributed by atoms with Crippen LogP contribution in [-0.4, -0.2) is 28.3 Å². The minimum Gasteiger partial charge on any atom is -0.357 e. The molecule has 0 aromatic carbocycles. The van der Waals surface area contributed by atoms with Gasteiger partial charge in [0.05, 0.1) is 12.7 Å². The molecule has 0 amide bonds. The fourth-order valence-corrected chi connectivity index (χ4v) is 1.97. The van der Waals surface area contributed by atoms with E-state index in [-0.39, 0.29) is 24.0 Å². The topological polar surface area (TPSA) is 54.2 Å². The first kappa shape index (κ1) is 16.0. The second kappa shape index (κ2) is 8.19. The molecule has 1 heterocycles. The van der Waals surface area contributed by atoms with Crippen molar-refractivity contribution < 1.29 is 0 Å². The fourth-order valence-electron chi connectivity index (χ4n) is 1.97. The molecule has 0 unspecified atom stereocenters. The standard InChI is InChI=1S/C13H21N5.HI/c1-3-14-13(17-12-6-4-5-7-12)15-8-11-9-16-18(2)10-11;/h4-5,9-10,12H,3,6-8H2,1-2H3,(H2,14,15,17);1H. The van der Waals surface area contributed by atoms with Gasteiger partial charge in [0, 0.05) is 31.4 Å². The molecule has 106 valence electrons. The van der Waals surface area contributed by atoms with Crippen LogP contribution < -0.4 is 10.6 Å². The van der Waals surface area contributed by atoms with Crippen molar-refractivity contribution in [3.8, 4) is 0 Å². The van der Waals surface area contributed by atoms with Crippen LogP contribution in [0, 0.1) is 0 Å². The summed E-state index contributed by atoms with van der Waals surface area (Å²) in [7, 11) is 1.92. The van der Waals surface area contributed by atoms with Crippen molar-refractivity contribution in [2.45, 2.75) is 32.4 Å². The maximum absolute atomic E-state index is 4.57. The highest BCUT2D eigenvalue weighted by molar-refractivity contribution is 14.0. The van der Waals surface area contributed by atoms with Gasteiger partial charge in [0.15, 0.2) is 5.96 Å². The molecule has 19 heavy (non-hydrogen) atoms. The third kappa shape index (κ3) is 5.22. The third-order valence-electron chi connectivity index (χ3n) is 2.87. The van der Waals surface area contributed by atoms with E-state index >= 15 is 0 Å². The van der Waals surface area contributed by atoms with Gasteiger partial charge in [-0.1, -0.05) is 12.2 Å². The zero-order chi connectivity index (χ0) is 12.8. The predicted octanol–water partition coefficient (Wildman–Crippen LogP) is 1.81. The van der Waals surface area contributed by atoms with Crippen molar-refractivity contribution in [2.75, 3.05) is 6.54 Å². The molecule has 0 saturated heterocycles. The van der Waals surface area contributed by atoms with Crippen molar-refractivity contribution in [1.29, 1.82) is 0 Å². The Labute approximate surface area is 131 Å². The summed E-state index contributed by atoms with van der Waals surface area (Å²) in [5.74, 6) is 0.884. The molecule has 2 rings (SSSR count). The fraction of sp³-hybridized carbons (Fsp3) is 0.538. The maximum atomic E-state index is 4.57. The molecule has 2 N–H and O–H groups in total. The summed E-state index contributed by atoms with van der Waals surface area (Å²) in [6.45, 7) is 3.61. The lowest BCUT2D eigenvalue weighted by Gasteiger charge is -2.16. The lowest BCUT2D eigenvalue weighted by atomic mass is 10.2. The van der Waals surface area contributed by atoms with Crippen molar-refractivity contribution in [3.63, 3.8) is 0 Å². The Morgan fingerprint density at radius 2 is 2.21 bits per heavy atom. The molecule has 0 fully saturated rings. The van der Waals surface area contributed by atoms with E-state index in [1.807, 2.05) is 19.4 Å². The van der Waals surface area contributed by atoms with Crippen LogP contribution >= 0.6 is 24.0 Å². The molecular weight excluding hydrogens is 353 g/mol. The van der Waals surface area contributed by atoms with Gasteiger partial charge in [-0.2, -0.15) is 5.10 Å². The van der Waals surface area contributed by atoms with E-state index in [0.717, 1.165) is 30.9 Å². The van der Waals surface area contributed by atoms with Crippen LogP contribution in [0.3, 0.4) is 0 Å². The largest absolute Gasteiger partial charge is 0.357 e. The quantitative estimate of drug-likeness (QED) is 0.365. The van der Waals surface area contributed by atoms with Crippen LogP contribution in [0.15, 0.2) is 29.5 Å². The van der Waals surface area contributed by atoms with Crippen LogP contribution in [0.4, 0.5) is 0 Å². The van der Waals surface area contributed by atoms with E-state index in [1.54, 1.807) is 4.68 Å². The molecule has 6 heteroatoms. The first-order valence-electron chi connectivity index (χ1n) is 6.45. The Kier molecular flexibility index (Phi) is 6.90. The number of guanidine groups is 1. The van der Waals surface area contributed by atoms with Crippen LogP contribution in [0.2, 0.25) is 0 Å². The van der Waals surface area contributed by atoms with Gasteiger partial charge >= 0.3 is 0 Å². The van der Waals surface area contributed by atoms with Gasteiger partial charge in [-0.25, -0.2) is 4.99 Å². The first-order chi connectivity index (χ1) is 8.78. The highest BCUT2D eigenvalue weighted by atomic mass is 127. The summed E-state index contributed by atoms with van der Waals surface area (Å²) >= 11 is 0. The van der Waals surface area contributed by atoms with E-state index in [1.165, 1.54) is 0 Å². The molecule has 0 radical (unpaired) electrons. The SMILES string of the molecule is CCNC(=NCc1cnn(C)c1)NC1CC=CC1.I. The molecule has 0 aliphatic heterocycles. The molecular formula is C13H22IN5. The zero-order valence-electron chi connectivity index (χ0n) is 11.5. The Morgan fingerprint density at radius 1 is 1.47 bits per heavy atom. The number of aliphatic imine (C=N–C) groups is 1. The molecule has 0 saturated carbocycles. The molecule has 0 atom stereocenters. The van der Waals surface area contributed by atoms with Gasteiger partial charge in [0.25, 0.3) is 0 Å². The highest BCUT2D eigenvalue weighted by Crippen LogP contribution is 2.08. The van der Waals surface area contributed by atoms with Gasteiger partial charge in [0.1, 0.15) is 0 Å². The van der Waals surface area contributed by atoms with Gasteiger partial charge in [-0.3, -0.25) is 4.68 Å². The molecule has 5 nitrogen and oxygen atoms in total. The molecule has 1 aliphatic carbocycles. The summed E-state index contributed by atoms with van der Waals surface area (Å²) in [4.78, 5) is 4.57. The summed E-state index contributed by atoms with van der Waals surface area (Å²) in [5, 5.41) is 10.9. The Balaban J connectivity index is 0.00000180. The maximum Gasteiger partial charge on any atom is 0.191 e. The number of hydrogen-bond acceptors (Lipinski definition) is 2. The average Bonchev–Trinajstić information content (AvgIpc) is 2.98. The number of aryl methyl sites for hydroxylation is 1. The minimum atomic E-state index is 0. The lowest BCUT2D eigenvalue weighted by Crippen LogP contribution is -2.42. The third-order valence-corrected chi connectivity index (χ3v) is 2.87. The summed E-state index contributed by atoms with van der Waals surface area (Å²) in [6.07, 6.45) is 10.4. The van der Waals surface area contributed by atoms with Crippen molar-refractivity contribution in [3.05, 3.63) is 30.1 Å². The highest BCUT2D eigenvalue weighted by Gasteiger charge is 2.11. The number of aromatic nitrogens is 2.